The summed E-state index contributed by atoms with van der Waals surface area (Å²) in [5.74, 6) is 1.77. The van der Waals surface area contributed by atoms with Crippen molar-refractivity contribution in [1.82, 2.24) is 15.4 Å². The van der Waals surface area contributed by atoms with Crippen LogP contribution in [-0.4, -0.2) is 36.7 Å². The van der Waals surface area contributed by atoms with Gasteiger partial charge in [0.15, 0.2) is 11.5 Å². The number of ether oxygens (including phenoxy) is 3. The number of nitrogens with zero attached hydrogens (tertiary/aromatic N) is 2. The molecule has 0 saturated carbocycles. The molecule has 0 spiro atoms. The lowest BCUT2D eigenvalue weighted by atomic mass is 10.0. The van der Waals surface area contributed by atoms with E-state index < -0.39 is 0 Å². The van der Waals surface area contributed by atoms with Gasteiger partial charge in [0.1, 0.15) is 11.4 Å². The second kappa shape index (κ2) is 6.80. The summed E-state index contributed by atoms with van der Waals surface area (Å²) in [6, 6.07) is 11.0. The summed E-state index contributed by atoms with van der Waals surface area (Å²) < 4.78 is 16.2. The van der Waals surface area contributed by atoms with Crippen molar-refractivity contribution in [3.8, 4) is 39.8 Å². The molecule has 24 heavy (non-hydrogen) atoms. The minimum atomic E-state index is 0.578. The first kappa shape index (κ1) is 16.1. The van der Waals surface area contributed by atoms with Gasteiger partial charge in [-0.25, -0.2) is 0 Å². The van der Waals surface area contributed by atoms with Crippen LogP contribution in [0.4, 0.5) is 0 Å². The first-order valence-electron chi connectivity index (χ1n) is 7.15. The predicted molar refractivity (Wildman–Crippen MR) is 91.9 cm³/mol. The van der Waals surface area contributed by atoms with Crippen LogP contribution in [0.1, 0.15) is 0 Å². The van der Waals surface area contributed by atoms with Gasteiger partial charge in [0.25, 0.3) is 0 Å². The Morgan fingerprint density at radius 1 is 0.875 bits per heavy atom. The Morgan fingerprint density at radius 3 is 2.12 bits per heavy atom. The van der Waals surface area contributed by atoms with E-state index in [2.05, 4.69) is 15.4 Å². The number of rotatable bonds is 5. The highest BCUT2D eigenvalue weighted by atomic mass is 35.5. The average molecular weight is 346 g/mol. The summed E-state index contributed by atoms with van der Waals surface area (Å²) >= 11 is 5.96. The zero-order chi connectivity index (χ0) is 17.1. The van der Waals surface area contributed by atoms with Gasteiger partial charge in [-0.3, -0.25) is 5.10 Å². The van der Waals surface area contributed by atoms with E-state index in [4.69, 9.17) is 25.8 Å². The van der Waals surface area contributed by atoms with E-state index in [9.17, 15) is 0 Å². The number of aromatic amines is 1. The molecule has 1 aromatic heterocycles. The van der Waals surface area contributed by atoms with Gasteiger partial charge in [0.05, 0.1) is 32.6 Å². The Morgan fingerprint density at radius 2 is 1.50 bits per heavy atom. The molecule has 0 radical (unpaired) electrons. The molecular weight excluding hydrogens is 330 g/mol. The fourth-order valence-corrected chi connectivity index (χ4v) is 2.57. The Kier molecular flexibility index (Phi) is 4.57. The second-order valence-corrected chi connectivity index (χ2v) is 5.39. The van der Waals surface area contributed by atoms with Crippen LogP contribution in [0.5, 0.6) is 17.2 Å². The SMILES string of the molecule is COc1cc(OC)c(-c2nn[nH]c2-c2ccc(Cl)cc2)cc1OC. The van der Waals surface area contributed by atoms with Crippen molar-refractivity contribution in [2.75, 3.05) is 21.3 Å². The first-order valence-corrected chi connectivity index (χ1v) is 7.53. The molecule has 0 aliphatic rings. The van der Waals surface area contributed by atoms with Crippen LogP contribution in [0.2, 0.25) is 5.02 Å². The van der Waals surface area contributed by atoms with Gasteiger partial charge in [-0.1, -0.05) is 28.9 Å². The van der Waals surface area contributed by atoms with Crippen LogP contribution in [0, 0.1) is 0 Å². The molecule has 0 aliphatic carbocycles. The maximum Gasteiger partial charge on any atom is 0.164 e. The summed E-state index contributed by atoms with van der Waals surface area (Å²) in [5, 5.41) is 11.7. The van der Waals surface area contributed by atoms with Crippen LogP contribution in [0.15, 0.2) is 36.4 Å². The molecule has 0 aliphatic heterocycles. The third kappa shape index (κ3) is 2.88. The smallest absolute Gasteiger partial charge is 0.164 e. The molecule has 0 saturated heterocycles. The van der Waals surface area contributed by atoms with Crippen molar-refractivity contribution < 1.29 is 14.2 Å². The molecule has 0 fully saturated rings. The second-order valence-electron chi connectivity index (χ2n) is 4.95. The number of methoxy groups -OCH3 is 3. The molecule has 124 valence electrons. The normalized spacial score (nSPS) is 10.5. The van der Waals surface area contributed by atoms with Crippen LogP contribution >= 0.6 is 11.6 Å². The summed E-state index contributed by atoms with van der Waals surface area (Å²) in [6.07, 6.45) is 0. The van der Waals surface area contributed by atoms with Gasteiger partial charge >= 0.3 is 0 Å². The molecule has 1 N–H and O–H groups in total. The van der Waals surface area contributed by atoms with E-state index in [0.29, 0.717) is 28.0 Å². The third-order valence-corrected chi connectivity index (χ3v) is 3.89. The molecule has 0 amide bonds. The van der Waals surface area contributed by atoms with Gasteiger partial charge in [-0.15, -0.1) is 5.10 Å². The lowest BCUT2D eigenvalue weighted by molar-refractivity contribution is 0.349. The molecule has 3 aromatic rings. The lowest BCUT2D eigenvalue weighted by Crippen LogP contribution is -1.96. The first-order chi connectivity index (χ1) is 11.7. The third-order valence-electron chi connectivity index (χ3n) is 3.64. The summed E-state index contributed by atoms with van der Waals surface area (Å²) in [6.45, 7) is 0. The number of hydrogen-bond acceptors (Lipinski definition) is 5. The van der Waals surface area contributed by atoms with E-state index in [0.717, 1.165) is 16.8 Å². The van der Waals surface area contributed by atoms with E-state index in [1.54, 1.807) is 27.4 Å². The zero-order valence-electron chi connectivity index (χ0n) is 13.5. The number of halogens is 1. The highest BCUT2D eigenvalue weighted by molar-refractivity contribution is 6.30. The van der Waals surface area contributed by atoms with Crippen LogP contribution in [-0.2, 0) is 0 Å². The predicted octanol–water partition coefficient (Wildman–Crippen LogP) is 3.82. The molecule has 2 aromatic carbocycles. The van der Waals surface area contributed by atoms with Gasteiger partial charge < -0.3 is 14.2 Å². The fraction of sp³-hybridized carbons (Fsp3) is 0.176. The van der Waals surface area contributed by atoms with Crippen LogP contribution in [0.3, 0.4) is 0 Å². The minimum absolute atomic E-state index is 0.578. The quantitative estimate of drug-likeness (QED) is 0.761. The lowest BCUT2D eigenvalue weighted by Gasteiger charge is -2.13. The summed E-state index contributed by atoms with van der Waals surface area (Å²) in [4.78, 5) is 0. The largest absolute Gasteiger partial charge is 0.496 e. The minimum Gasteiger partial charge on any atom is -0.496 e. The molecular formula is C17H16ClN3O3. The van der Waals surface area contributed by atoms with Crippen molar-refractivity contribution in [2.45, 2.75) is 0 Å². The number of nitrogens with one attached hydrogen (secondary N) is 1. The molecule has 0 atom stereocenters. The highest BCUT2D eigenvalue weighted by Crippen LogP contribution is 2.41. The van der Waals surface area contributed by atoms with Gasteiger partial charge in [0.2, 0.25) is 0 Å². The number of hydrogen-bond donors (Lipinski definition) is 1. The van der Waals surface area contributed by atoms with Gasteiger partial charge in [-0.2, -0.15) is 0 Å². The van der Waals surface area contributed by atoms with Gasteiger partial charge in [0, 0.05) is 16.7 Å². The average Bonchev–Trinajstić information content (AvgIpc) is 3.10. The number of H-pyrrole nitrogens is 1. The Balaban J connectivity index is 2.16. The Labute approximate surface area is 144 Å². The zero-order valence-corrected chi connectivity index (χ0v) is 14.2. The van der Waals surface area contributed by atoms with E-state index in [1.807, 2.05) is 30.3 Å². The topological polar surface area (TPSA) is 69.3 Å². The Hall–Kier alpha value is -2.73. The van der Waals surface area contributed by atoms with E-state index in [1.165, 1.54) is 0 Å². The van der Waals surface area contributed by atoms with Crippen molar-refractivity contribution >= 4 is 11.6 Å². The molecule has 1 heterocycles. The van der Waals surface area contributed by atoms with Crippen molar-refractivity contribution in [3.05, 3.63) is 41.4 Å². The Bertz CT molecular complexity index is 847. The summed E-state index contributed by atoms with van der Waals surface area (Å²) in [5.41, 5.74) is 3.07. The number of benzene rings is 2. The summed E-state index contributed by atoms with van der Waals surface area (Å²) in [7, 11) is 4.75. The monoisotopic (exact) mass is 345 g/mol. The standard InChI is InChI=1S/C17H16ClN3O3/c1-22-13-9-15(24-3)14(23-2)8-12(13)17-16(19-21-20-17)10-4-6-11(18)7-5-10/h4-9H,1-3H3,(H,19,20,21). The highest BCUT2D eigenvalue weighted by Gasteiger charge is 2.19. The number of aromatic nitrogens is 3. The van der Waals surface area contributed by atoms with Crippen LogP contribution < -0.4 is 14.2 Å². The van der Waals surface area contributed by atoms with Crippen LogP contribution in [0.25, 0.3) is 22.5 Å². The molecule has 6 nitrogen and oxygen atoms in total. The van der Waals surface area contributed by atoms with E-state index in [-0.39, 0.29) is 0 Å². The van der Waals surface area contributed by atoms with E-state index >= 15 is 0 Å². The molecule has 0 unspecified atom stereocenters. The van der Waals surface area contributed by atoms with Crippen molar-refractivity contribution in [2.24, 2.45) is 0 Å². The van der Waals surface area contributed by atoms with Crippen molar-refractivity contribution in [1.29, 1.82) is 0 Å². The van der Waals surface area contributed by atoms with Crippen molar-refractivity contribution in [3.63, 3.8) is 0 Å². The maximum absolute atomic E-state index is 5.96. The molecule has 3 rings (SSSR count). The fourth-order valence-electron chi connectivity index (χ4n) is 2.45. The molecule has 0 bridgehead atoms. The maximum atomic E-state index is 5.96. The van der Waals surface area contributed by atoms with Gasteiger partial charge in [-0.05, 0) is 18.2 Å². The molecule has 7 heteroatoms.